The lowest BCUT2D eigenvalue weighted by molar-refractivity contribution is -0.186. The van der Waals surface area contributed by atoms with E-state index in [2.05, 4.69) is 6.92 Å². The number of carbonyl (C=O) groups excluding carboxylic acids is 2. The summed E-state index contributed by atoms with van der Waals surface area (Å²) in [5, 5.41) is 12.5. The number of hydrogen-bond acceptors (Lipinski definition) is 9. The highest BCUT2D eigenvalue weighted by molar-refractivity contribution is 7.80. The predicted molar refractivity (Wildman–Crippen MR) is 228 cm³/mol. The molecule has 1 N–H and O–H groups in total. The van der Waals surface area contributed by atoms with Crippen molar-refractivity contribution in [3.8, 4) is 0 Å². The van der Waals surface area contributed by atoms with Gasteiger partial charge in [0.2, 0.25) is 5.91 Å². The quantitative estimate of drug-likeness (QED) is 0.0509. The second-order valence-corrected chi connectivity index (χ2v) is 17.4. The number of thiocarbonyl (C=S) groups is 1. The molecule has 0 spiro atoms. The molecule has 2 aliphatic heterocycles. The zero-order chi connectivity index (χ0) is 41.5. The third-order valence-corrected chi connectivity index (χ3v) is 11.4. The number of carbonyl (C=O) groups is 2. The summed E-state index contributed by atoms with van der Waals surface area (Å²) >= 11 is 5.95. The van der Waals surface area contributed by atoms with Crippen LogP contribution in [0.3, 0.4) is 0 Å². The number of benzene rings is 2. The summed E-state index contributed by atoms with van der Waals surface area (Å²) in [5.41, 5.74) is -2.64. The lowest BCUT2D eigenvalue weighted by Crippen LogP contribution is -2.58. The predicted octanol–water partition coefficient (Wildman–Crippen LogP) is 9.82. The number of ether oxygens (including phenoxy) is 5. The first-order chi connectivity index (χ1) is 27.2. The van der Waals surface area contributed by atoms with Crippen LogP contribution in [0.2, 0.25) is 0 Å². The summed E-state index contributed by atoms with van der Waals surface area (Å²) in [4.78, 5) is 30.8. The van der Waals surface area contributed by atoms with E-state index in [1.807, 2.05) is 80.6 Å². The SMILES string of the molecule is CCCCCCCC1(CCCCCCC=CC(C(=O)N2C(=S)OC(c3ccccc3)(c3ccccc3)[C@@H]2C(C)C)C(O)(CCOC)C(=O)OC(C)(C)C)OCCO1. The van der Waals surface area contributed by atoms with Crippen molar-refractivity contribution in [2.24, 2.45) is 11.8 Å². The Morgan fingerprint density at radius 1 is 0.895 bits per heavy atom. The van der Waals surface area contributed by atoms with E-state index in [0.717, 1.165) is 56.1 Å². The fraction of sp³-hybridized carbons (Fsp3) is 0.638. The van der Waals surface area contributed by atoms with Gasteiger partial charge in [0.05, 0.1) is 25.2 Å². The third-order valence-electron chi connectivity index (χ3n) is 11.1. The number of esters is 1. The zero-order valence-electron chi connectivity index (χ0n) is 35.6. The van der Waals surface area contributed by atoms with Crippen LogP contribution in [-0.2, 0) is 38.9 Å². The second-order valence-electron chi connectivity index (χ2n) is 17.0. The standard InChI is InChI=1S/C47H69NO8S/c1-8-9-10-14-23-30-45(53-34-35-54-45)31-24-15-12-11-13-22-29-39(46(51,32-33-52-7)42(50)55-44(4,5)6)41(49)48-40(36(2)3)47(56-43(48)57,37-25-18-16-19-26-37)38-27-20-17-21-28-38/h16-22,25-29,36,39-40,51H,8-15,23-24,30-35H2,1-7H3/t39?,40-,46?/m0/s1. The zero-order valence-corrected chi connectivity index (χ0v) is 36.5. The molecule has 2 aliphatic rings. The number of allylic oxidation sites excluding steroid dienone is 1. The summed E-state index contributed by atoms with van der Waals surface area (Å²) in [6.07, 6.45) is 15.8. The Morgan fingerprint density at radius 2 is 1.44 bits per heavy atom. The fourth-order valence-corrected chi connectivity index (χ4v) is 8.63. The normalized spacial score (nSPS) is 19.5. The van der Waals surface area contributed by atoms with Crippen molar-refractivity contribution in [3.63, 3.8) is 0 Å². The van der Waals surface area contributed by atoms with E-state index < -0.39 is 46.4 Å². The maximum absolute atomic E-state index is 15.3. The molecule has 3 atom stereocenters. The molecule has 9 nitrogen and oxygen atoms in total. The van der Waals surface area contributed by atoms with E-state index in [-0.39, 0.29) is 24.1 Å². The molecule has 0 radical (unpaired) electrons. The van der Waals surface area contributed by atoms with E-state index in [4.69, 9.17) is 35.9 Å². The Balaban J connectivity index is 1.59. The second kappa shape index (κ2) is 21.7. The molecule has 2 fully saturated rings. The third kappa shape index (κ3) is 12.0. The Morgan fingerprint density at radius 3 is 1.95 bits per heavy atom. The summed E-state index contributed by atoms with van der Waals surface area (Å²) in [5.74, 6) is -3.38. The van der Waals surface area contributed by atoms with Gasteiger partial charge in [-0.25, -0.2) is 4.79 Å². The van der Waals surface area contributed by atoms with Gasteiger partial charge in [-0.05, 0) is 64.6 Å². The summed E-state index contributed by atoms with van der Waals surface area (Å²) in [6, 6.07) is 18.9. The van der Waals surface area contributed by atoms with Crippen molar-refractivity contribution in [3.05, 3.63) is 83.9 Å². The van der Waals surface area contributed by atoms with Gasteiger partial charge in [-0.2, -0.15) is 0 Å². The van der Waals surface area contributed by atoms with Crippen LogP contribution in [-0.4, -0.2) is 77.0 Å². The van der Waals surface area contributed by atoms with Crippen LogP contribution < -0.4 is 0 Å². The summed E-state index contributed by atoms with van der Waals surface area (Å²) < 4.78 is 30.2. The maximum Gasteiger partial charge on any atom is 0.339 e. The number of hydrogen-bond donors (Lipinski definition) is 1. The minimum atomic E-state index is -2.26. The number of methoxy groups -OCH3 is 1. The molecule has 0 bridgehead atoms. The van der Waals surface area contributed by atoms with E-state index in [1.54, 1.807) is 26.8 Å². The summed E-state index contributed by atoms with van der Waals surface area (Å²) in [6.45, 7) is 12.8. The van der Waals surface area contributed by atoms with Crippen LogP contribution in [0.5, 0.6) is 0 Å². The van der Waals surface area contributed by atoms with Crippen LogP contribution in [0.25, 0.3) is 0 Å². The minimum Gasteiger partial charge on any atom is -0.458 e. The van der Waals surface area contributed by atoms with Crippen molar-refractivity contribution in [1.29, 1.82) is 0 Å². The van der Waals surface area contributed by atoms with Gasteiger partial charge in [0, 0.05) is 44.1 Å². The molecule has 0 aromatic heterocycles. The topological polar surface area (TPSA) is 104 Å². The first kappa shape index (κ1) is 46.5. The van der Waals surface area contributed by atoms with Gasteiger partial charge in [-0.3, -0.25) is 9.69 Å². The smallest absolute Gasteiger partial charge is 0.339 e. The van der Waals surface area contributed by atoms with Crippen LogP contribution >= 0.6 is 12.2 Å². The highest BCUT2D eigenvalue weighted by Crippen LogP contribution is 2.48. The monoisotopic (exact) mass is 807 g/mol. The van der Waals surface area contributed by atoms with Gasteiger partial charge in [-0.15, -0.1) is 0 Å². The van der Waals surface area contributed by atoms with Crippen molar-refractivity contribution < 1.29 is 38.4 Å². The molecule has 1 amide bonds. The molecule has 10 heteroatoms. The fourth-order valence-electron chi connectivity index (χ4n) is 8.29. The maximum atomic E-state index is 15.3. The molecule has 0 aliphatic carbocycles. The molecule has 0 saturated carbocycles. The lowest BCUT2D eigenvalue weighted by Gasteiger charge is -2.40. The van der Waals surface area contributed by atoms with Crippen molar-refractivity contribution in [2.75, 3.05) is 26.9 Å². The molecule has 2 aromatic rings. The van der Waals surface area contributed by atoms with Crippen molar-refractivity contribution in [1.82, 2.24) is 4.90 Å². The van der Waals surface area contributed by atoms with Gasteiger partial charge in [-0.1, -0.05) is 132 Å². The van der Waals surface area contributed by atoms with Gasteiger partial charge in [0.15, 0.2) is 17.0 Å². The molecular weight excluding hydrogens is 739 g/mol. The first-order valence-corrected chi connectivity index (χ1v) is 21.7. The average molecular weight is 808 g/mol. The number of unbranched alkanes of at least 4 members (excludes halogenated alkanes) is 8. The molecule has 57 heavy (non-hydrogen) atoms. The van der Waals surface area contributed by atoms with Crippen LogP contribution in [0.4, 0.5) is 0 Å². The average Bonchev–Trinajstić information content (AvgIpc) is 3.79. The number of aliphatic hydroxyl groups is 1. The van der Waals surface area contributed by atoms with E-state index in [1.165, 1.54) is 37.7 Å². The first-order valence-electron chi connectivity index (χ1n) is 21.3. The van der Waals surface area contributed by atoms with Crippen molar-refractivity contribution >= 4 is 29.3 Å². The summed E-state index contributed by atoms with van der Waals surface area (Å²) in [7, 11) is 1.49. The molecule has 2 unspecified atom stereocenters. The molecule has 2 heterocycles. The van der Waals surface area contributed by atoms with E-state index in [9.17, 15) is 9.90 Å². The van der Waals surface area contributed by atoms with Gasteiger partial charge in [0.1, 0.15) is 5.60 Å². The Kier molecular flexibility index (Phi) is 17.7. The molecule has 316 valence electrons. The number of amides is 1. The van der Waals surface area contributed by atoms with Gasteiger partial charge in [0.25, 0.3) is 5.17 Å². The highest BCUT2D eigenvalue weighted by atomic mass is 32.1. The Hall–Kier alpha value is -3.15. The minimum absolute atomic E-state index is 0.0166. The van der Waals surface area contributed by atoms with Crippen molar-refractivity contribution in [2.45, 2.75) is 154 Å². The Bertz CT molecular complexity index is 1530. The molecule has 2 aromatic carbocycles. The Labute approximate surface area is 347 Å². The van der Waals surface area contributed by atoms with Crippen LogP contribution in [0, 0.1) is 11.8 Å². The largest absolute Gasteiger partial charge is 0.458 e. The lowest BCUT2D eigenvalue weighted by atomic mass is 9.75. The number of nitrogens with zero attached hydrogens (tertiary/aromatic N) is 1. The molecular formula is C47H69NO8S. The van der Waals surface area contributed by atoms with Gasteiger partial charge >= 0.3 is 5.97 Å². The van der Waals surface area contributed by atoms with Crippen LogP contribution in [0.1, 0.15) is 136 Å². The van der Waals surface area contributed by atoms with E-state index >= 15 is 4.79 Å². The van der Waals surface area contributed by atoms with E-state index in [0.29, 0.717) is 19.6 Å². The number of rotatable bonds is 23. The molecule has 4 rings (SSSR count). The van der Waals surface area contributed by atoms with Gasteiger partial charge < -0.3 is 28.8 Å². The molecule has 2 saturated heterocycles. The highest BCUT2D eigenvalue weighted by Gasteiger charge is 2.60. The van der Waals surface area contributed by atoms with Crippen LogP contribution in [0.15, 0.2) is 72.8 Å².